The number of thiophene rings is 1. The molecule has 33 heavy (non-hydrogen) atoms. The van der Waals surface area contributed by atoms with Crippen molar-refractivity contribution in [1.29, 1.82) is 0 Å². The van der Waals surface area contributed by atoms with Crippen LogP contribution in [0.15, 0.2) is 48.7 Å². The summed E-state index contributed by atoms with van der Waals surface area (Å²) in [6, 6.07) is 14.3. The predicted octanol–water partition coefficient (Wildman–Crippen LogP) is 6.55. The number of nitrogens with one attached hydrogen (secondary N) is 1. The van der Waals surface area contributed by atoms with E-state index in [-0.39, 0.29) is 5.91 Å². The topological polar surface area (TPSA) is 45.2 Å². The molecule has 1 aliphatic rings. The van der Waals surface area contributed by atoms with Crippen LogP contribution in [0.1, 0.15) is 41.4 Å². The molecule has 0 atom stereocenters. The van der Waals surface area contributed by atoms with Gasteiger partial charge in [-0.3, -0.25) is 9.78 Å². The summed E-state index contributed by atoms with van der Waals surface area (Å²) in [4.78, 5) is 21.3. The lowest BCUT2D eigenvalue weighted by atomic mass is 9.99. The molecule has 0 aliphatic carbocycles. The maximum Gasteiger partial charge on any atom is 0.262 e. The molecule has 4 nitrogen and oxygen atoms in total. The third-order valence-corrected chi connectivity index (χ3v) is 7.95. The molecule has 1 N–H and O–H groups in total. The van der Waals surface area contributed by atoms with E-state index in [0.717, 1.165) is 56.4 Å². The molecule has 1 fully saturated rings. The van der Waals surface area contributed by atoms with Crippen LogP contribution in [0.4, 0.5) is 0 Å². The first-order valence-electron chi connectivity index (χ1n) is 11.7. The van der Waals surface area contributed by atoms with E-state index in [0.29, 0.717) is 11.6 Å². The average Bonchev–Trinajstić information content (AvgIpc) is 3.50. The van der Waals surface area contributed by atoms with Crippen LogP contribution in [-0.4, -0.2) is 42.0 Å². The zero-order valence-electron chi connectivity index (χ0n) is 18.9. The van der Waals surface area contributed by atoms with E-state index in [1.807, 2.05) is 24.4 Å². The minimum Gasteiger partial charge on any atom is -0.351 e. The summed E-state index contributed by atoms with van der Waals surface area (Å²) in [5, 5.41) is 5.84. The lowest BCUT2D eigenvalue weighted by molar-refractivity contribution is 0.0956. The summed E-state index contributed by atoms with van der Waals surface area (Å²) in [5.41, 5.74) is 4.17. The first kappa shape index (κ1) is 22.3. The molecule has 1 amide bonds. The molecule has 6 heteroatoms. The van der Waals surface area contributed by atoms with Crippen LogP contribution in [0.5, 0.6) is 0 Å². The lowest BCUT2D eigenvalue weighted by Gasteiger charge is -2.14. The molecule has 5 rings (SSSR count). The van der Waals surface area contributed by atoms with E-state index in [1.54, 1.807) is 0 Å². The molecule has 1 saturated heterocycles. The normalized spacial score (nSPS) is 14.4. The zero-order valence-corrected chi connectivity index (χ0v) is 20.4. The summed E-state index contributed by atoms with van der Waals surface area (Å²) in [6.07, 6.45) is 6.44. The second-order valence-electron chi connectivity index (χ2n) is 8.68. The van der Waals surface area contributed by atoms with Gasteiger partial charge >= 0.3 is 0 Å². The van der Waals surface area contributed by atoms with Gasteiger partial charge in [0.25, 0.3) is 5.91 Å². The van der Waals surface area contributed by atoms with E-state index in [1.165, 1.54) is 42.8 Å². The fraction of sp³-hybridized carbons (Fsp3) is 0.333. The number of rotatable bonds is 7. The van der Waals surface area contributed by atoms with Gasteiger partial charge in [0.05, 0.1) is 5.52 Å². The van der Waals surface area contributed by atoms with Gasteiger partial charge in [-0.15, -0.1) is 11.3 Å². The van der Waals surface area contributed by atoms with Crippen molar-refractivity contribution in [3.05, 3.63) is 64.1 Å². The van der Waals surface area contributed by atoms with Gasteiger partial charge < -0.3 is 10.2 Å². The lowest BCUT2D eigenvalue weighted by Crippen LogP contribution is -2.28. The highest BCUT2D eigenvalue weighted by molar-refractivity contribution is 7.22. The van der Waals surface area contributed by atoms with Gasteiger partial charge in [0.2, 0.25) is 0 Å². The van der Waals surface area contributed by atoms with Gasteiger partial charge in [-0.1, -0.05) is 42.8 Å². The highest BCUT2D eigenvalue weighted by Crippen LogP contribution is 2.42. The van der Waals surface area contributed by atoms with Crippen LogP contribution in [0.25, 0.3) is 32.1 Å². The quantitative estimate of drug-likeness (QED) is 0.307. The molecule has 0 spiro atoms. The molecule has 3 heterocycles. The van der Waals surface area contributed by atoms with Crippen molar-refractivity contribution >= 4 is 49.8 Å². The summed E-state index contributed by atoms with van der Waals surface area (Å²) in [5.74, 6) is -0.0117. The standard InChI is InChI=1S/C27H28ClN3OS/c1-2-18-6-8-19(9-7-18)24-22-17-30-23-11-10-20(28)16-21(23)25(22)33-26(24)27(32)29-12-5-15-31-13-3-4-14-31/h6-11,16-17H,2-5,12-15H2,1H3,(H,29,32). The molecule has 1 aliphatic heterocycles. The van der Waals surface area contributed by atoms with Gasteiger partial charge in [0.1, 0.15) is 4.88 Å². The number of amides is 1. The number of likely N-dealkylation sites (tertiary alicyclic amines) is 1. The smallest absolute Gasteiger partial charge is 0.262 e. The Labute approximate surface area is 203 Å². The molecule has 0 radical (unpaired) electrons. The zero-order chi connectivity index (χ0) is 22.8. The van der Waals surface area contributed by atoms with Crippen LogP contribution < -0.4 is 5.32 Å². The van der Waals surface area contributed by atoms with Crippen LogP contribution in [0.2, 0.25) is 5.02 Å². The Bertz CT molecular complexity index is 1290. The number of aryl methyl sites for hydroxylation is 1. The Kier molecular flexibility index (Phi) is 6.63. The predicted molar refractivity (Wildman–Crippen MR) is 140 cm³/mol. The van der Waals surface area contributed by atoms with Crippen molar-refractivity contribution in [2.24, 2.45) is 0 Å². The largest absolute Gasteiger partial charge is 0.351 e. The number of carbonyl (C=O) groups excluding carboxylic acids is 1. The highest BCUT2D eigenvalue weighted by atomic mass is 35.5. The second-order valence-corrected chi connectivity index (χ2v) is 10.1. The number of carbonyl (C=O) groups is 1. The van der Waals surface area contributed by atoms with Crippen LogP contribution in [-0.2, 0) is 6.42 Å². The van der Waals surface area contributed by atoms with Crippen molar-refractivity contribution in [2.75, 3.05) is 26.2 Å². The first-order chi connectivity index (χ1) is 16.1. The summed E-state index contributed by atoms with van der Waals surface area (Å²) in [7, 11) is 0. The molecule has 4 aromatic rings. The van der Waals surface area contributed by atoms with Crippen LogP contribution in [0, 0.1) is 0 Å². The molecule has 0 bridgehead atoms. The molecular weight excluding hydrogens is 450 g/mol. The summed E-state index contributed by atoms with van der Waals surface area (Å²) >= 11 is 7.85. The minimum atomic E-state index is -0.0117. The van der Waals surface area contributed by atoms with Gasteiger partial charge in [0.15, 0.2) is 0 Å². The number of aromatic nitrogens is 1. The summed E-state index contributed by atoms with van der Waals surface area (Å²) < 4.78 is 1.05. The number of fused-ring (bicyclic) bond motifs is 3. The second kappa shape index (κ2) is 9.80. The Morgan fingerprint density at radius 1 is 1.12 bits per heavy atom. The van der Waals surface area contributed by atoms with E-state index < -0.39 is 0 Å². The third-order valence-electron chi connectivity index (χ3n) is 6.47. The van der Waals surface area contributed by atoms with Crippen molar-refractivity contribution in [2.45, 2.75) is 32.6 Å². The van der Waals surface area contributed by atoms with Crippen molar-refractivity contribution in [1.82, 2.24) is 15.2 Å². The SMILES string of the molecule is CCc1ccc(-c2c(C(=O)NCCCN3CCCC3)sc3c2cnc2ccc(Cl)cc23)cc1. The van der Waals surface area contributed by atoms with Crippen LogP contribution in [0.3, 0.4) is 0 Å². The van der Waals surface area contributed by atoms with Crippen molar-refractivity contribution < 1.29 is 4.79 Å². The van der Waals surface area contributed by atoms with Crippen molar-refractivity contribution in [3.63, 3.8) is 0 Å². The Hall–Kier alpha value is -2.47. The van der Waals surface area contributed by atoms with E-state index in [9.17, 15) is 4.79 Å². The Morgan fingerprint density at radius 2 is 1.91 bits per heavy atom. The first-order valence-corrected chi connectivity index (χ1v) is 12.9. The molecule has 2 aromatic carbocycles. The highest BCUT2D eigenvalue weighted by Gasteiger charge is 2.22. The van der Waals surface area contributed by atoms with E-state index in [2.05, 4.69) is 46.4 Å². The van der Waals surface area contributed by atoms with Gasteiger partial charge in [0, 0.05) is 38.8 Å². The van der Waals surface area contributed by atoms with Crippen molar-refractivity contribution in [3.8, 4) is 11.1 Å². The minimum absolute atomic E-state index is 0.0117. The Morgan fingerprint density at radius 3 is 2.67 bits per heavy atom. The molecule has 0 unspecified atom stereocenters. The molecule has 170 valence electrons. The summed E-state index contributed by atoms with van der Waals surface area (Å²) in [6.45, 7) is 6.25. The molecule has 0 saturated carbocycles. The van der Waals surface area contributed by atoms with Gasteiger partial charge in [-0.2, -0.15) is 0 Å². The Balaban J connectivity index is 1.51. The number of hydrogen-bond donors (Lipinski definition) is 1. The fourth-order valence-electron chi connectivity index (χ4n) is 4.65. The maximum absolute atomic E-state index is 13.4. The number of benzene rings is 2. The van der Waals surface area contributed by atoms with Gasteiger partial charge in [-0.05, 0) is 74.6 Å². The third kappa shape index (κ3) is 4.63. The van der Waals surface area contributed by atoms with E-state index in [4.69, 9.17) is 11.6 Å². The number of pyridine rings is 1. The average molecular weight is 478 g/mol. The maximum atomic E-state index is 13.4. The molecule has 2 aromatic heterocycles. The number of nitrogens with zero attached hydrogens (tertiary/aromatic N) is 2. The van der Waals surface area contributed by atoms with E-state index >= 15 is 0 Å². The number of hydrogen-bond acceptors (Lipinski definition) is 4. The van der Waals surface area contributed by atoms with Crippen LogP contribution >= 0.6 is 22.9 Å². The fourth-order valence-corrected chi connectivity index (χ4v) is 6.06. The molecular formula is C27H28ClN3OS. The number of halogens is 1. The van der Waals surface area contributed by atoms with Gasteiger partial charge in [-0.25, -0.2) is 0 Å². The monoisotopic (exact) mass is 477 g/mol.